The summed E-state index contributed by atoms with van der Waals surface area (Å²) >= 11 is 2.10. The van der Waals surface area contributed by atoms with Crippen LogP contribution in [0.4, 0.5) is 0 Å². The summed E-state index contributed by atoms with van der Waals surface area (Å²) in [5, 5.41) is 0. The summed E-state index contributed by atoms with van der Waals surface area (Å²) in [7, 11) is 0. The maximum atomic E-state index is 6.25. The molecule has 0 amide bonds. The first-order chi connectivity index (χ1) is 8.03. The number of likely N-dealkylation sites (tertiary alicyclic amines) is 1. The van der Waals surface area contributed by atoms with Crippen LogP contribution in [0.15, 0.2) is 0 Å². The van der Waals surface area contributed by atoms with Gasteiger partial charge in [-0.3, -0.25) is 4.90 Å². The highest BCUT2D eigenvalue weighted by Crippen LogP contribution is 2.47. The van der Waals surface area contributed by atoms with Crippen LogP contribution in [0.1, 0.15) is 46.5 Å². The molecule has 2 nitrogen and oxygen atoms in total. The molecule has 0 aromatic carbocycles. The van der Waals surface area contributed by atoms with Crippen LogP contribution in [0.2, 0.25) is 0 Å². The van der Waals surface area contributed by atoms with Crippen LogP contribution < -0.4 is 5.73 Å². The fourth-order valence-electron chi connectivity index (χ4n) is 3.65. The molecule has 3 heteroatoms. The Bertz CT molecular complexity index is 267. The minimum absolute atomic E-state index is 0.232. The zero-order chi connectivity index (χ0) is 12.5. The van der Waals surface area contributed by atoms with Crippen molar-refractivity contribution in [1.82, 2.24) is 4.90 Å². The molecule has 0 bridgehead atoms. The Morgan fingerprint density at radius 1 is 1.35 bits per heavy atom. The van der Waals surface area contributed by atoms with Gasteiger partial charge in [0.15, 0.2) is 0 Å². The average molecular weight is 256 g/mol. The molecule has 0 radical (unpaired) electrons. The van der Waals surface area contributed by atoms with Gasteiger partial charge in [0, 0.05) is 23.9 Å². The van der Waals surface area contributed by atoms with E-state index in [0.717, 1.165) is 6.54 Å². The van der Waals surface area contributed by atoms with Crippen molar-refractivity contribution in [3.8, 4) is 0 Å². The summed E-state index contributed by atoms with van der Waals surface area (Å²) in [6.45, 7) is 9.33. The molecular weight excluding hydrogens is 228 g/mol. The van der Waals surface area contributed by atoms with Crippen molar-refractivity contribution in [2.75, 3.05) is 24.6 Å². The lowest BCUT2D eigenvalue weighted by Crippen LogP contribution is -2.68. The molecule has 2 saturated heterocycles. The van der Waals surface area contributed by atoms with Gasteiger partial charge in [0.25, 0.3) is 0 Å². The lowest BCUT2D eigenvalue weighted by molar-refractivity contribution is -0.0386. The molecule has 2 unspecified atom stereocenters. The van der Waals surface area contributed by atoms with Gasteiger partial charge >= 0.3 is 0 Å². The molecule has 2 atom stereocenters. The first-order valence-corrected chi connectivity index (χ1v) is 8.23. The van der Waals surface area contributed by atoms with Crippen LogP contribution in [0.5, 0.6) is 0 Å². The van der Waals surface area contributed by atoms with Crippen molar-refractivity contribution in [3.63, 3.8) is 0 Å². The Kier molecular flexibility index (Phi) is 4.11. The predicted molar refractivity (Wildman–Crippen MR) is 77.5 cm³/mol. The first kappa shape index (κ1) is 13.7. The second kappa shape index (κ2) is 5.10. The molecule has 0 aromatic rings. The second-order valence-electron chi connectivity index (χ2n) is 6.46. The monoisotopic (exact) mass is 256 g/mol. The Morgan fingerprint density at radius 2 is 2.12 bits per heavy atom. The number of hydrogen-bond donors (Lipinski definition) is 1. The standard InChI is InChI=1S/C14H28N2S/c1-12-6-4-5-8-16(12)14(10-15)11-17-9-7-13(14,2)3/h12H,4-11,15H2,1-3H3. The number of nitrogens with two attached hydrogens (primary N) is 1. The lowest BCUT2D eigenvalue weighted by Gasteiger charge is -2.58. The van der Waals surface area contributed by atoms with E-state index in [2.05, 4.69) is 37.4 Å². The normalized spacial score (nSPS) is 39.2. The smallest absolute Gasteiger partial charge is 0.0475 e. The topological polar surface area (TPSA) is 29.3 Å². The van der Waals surface area contributed by atoms with E-state index in [1.54, 1.807) is 0 Å². The molecule has 100 valence electrons. The van der Waals surface area contributed by atoms with Crippen molar-refractivity contribution in [2.24, 2.45) is 11.1 Å². The van der Waals surface area contributed by atoms with Crippen LogP contribution >= 0.6 is 11.8 Å². The zero-order valence-electron chi connectivity index (χ0n) is 11.7. The van der Waals surface area contributed by atoms with Crippen LogP contribution in [0.3, 0.4) is 0 Å². The van der Waals surface area contributed by atoms with E-state index in [9.17, 15) is 0 Å². The van der Waals surface area contributed by atoms with E-state index in [4.69, 9.17) is 5.73 Å². The van der Waals surface area contributed by atoms with Crippen LogP contribution in [-0.4, -0.2) is 41.1 Å². The summed E-state index contributed by atoms with van der Waals surface area (Å²) < 4.78 is 0. The van der Waals surface area contributed by atoms with Gasteiger partial charge in [0.2, 0.25) is 0 Å². The second-order valence-corrected chi connectivity index (χ2v) is 7.57. The molecule has 17 heavy (non-hydrogen) atoms. The Morgan fingerprint density at radius 3 is 2.71 bits per heavy atom. The molecule has 2 N–H and O–H groups in total. The number of hydrogen-bond acceptors (Lipinski definition) is 3. The average Bonchev–Trinajstić information content (AvgIpc) is 2.30. The van der Waals surface area contributed by atoms with Crippen LogP contribution in [0, 0.1) is 5.41 Å². The molecule has 2 rings (SSSR count). The highest BCUT2D eigenvalue weighted by molar-refractivity contribution is 7.99. The zero-order valence-corrected chi connectivity index (χ0v) is 12.5. The third-order valence-corrected chi connectivity index (χ3v) is 6.34. The van der Waals surface area contributed by atoms with E-state index in [1.165, 1.54) is 43.7 Å². The van der Waals surface area contributed by atoms with Crippen LogP contribution in [-0.2, 0) is 0 Å². The van der Waals surface area contributed by atoms with E-state index >= 15 is 0 Å². The molecule has 2 aliphatic heterocycles. The predicted octanol–water partition coefficient (Wildman–Crippen LogP) is 2.72. The molecule has 0 saturated carbocycles. The first-order valence-electron chi connectivity index (χ1n) is 7.08. The van der Waals surface area contributed by atoms with E-state index < -0.39 is 0 Å². The SMILES string of the molecule is CC1CCCCN1C1(CN)CSCCC1(C)C. The highest BCUT2D eigenvalue weighted by atomic mass is 32.2. The lowest BCUT2D eigenvalue weighted by atomic mass is 9.68. The third-order valence-electron chi connectivity index (χ3n) is 5.16. The minimum Gasteiger partial charge on any atom is -0.329 e. The van der Waals surface area contributed by atoms with Crippen molar-refractivity contribution in [3.05, 3.63) is 0 Å². The van der Waals surface area contributed by atoms with Crippen LogP contribution in [0.25, 0.3) is 0 Å². The summed E-state index contributed by atoms with van der Waals surface area (Å²) in [6.07, 6.45) is 5.40. The summed E-state index contributed by atoms with van der Waals surface area (Å²) in [6, 6.07) is 0.713. The number of rotatable bonds is 2. The van der Waals surface area contributed by atoms with Crippen molar-refractivity contribution in [1.29, 1.82) is 0 Å². The van der Waals surface area contributed by atoms with E-state index in [-0.39, 0.29) is 5.54 Å². The van der Waals surface area contributed by atoms with Gasteiger partial charge < -0.3 is 5.73 Å². The molecule has 2 fully saturated rings. The molecule has 0 aromatic heterocycles. The number of nitrogens with zero attached hydrogens (tertiary/aromatic N) is 1. The fraction of sp³-hybridized carbons (Fsp3) is 1.00. The maximum Gasteiger partial charge on any atom is 0.0475 e. The Labute approximate surface area is 111 Å². The number of thioether (sulfide) groups is 1. The fourth-order valence-corrected chi connectivity index (χ4v) is 5.47. The summed E-state index contributed by atoms with van der Waals surface area (Å²) in [5.74, 6) is 2.53. The third kappa shape index (κ3) is 2.26. The molecule has 0 aliphatic carbocycles. The van der Waals surface area contributed by atoms with Crippen molar-refractivity contribution in [2.45, 2.75) is 58.0 Å². The van der Waals surface area contributed by atoms with Gasteiger partial charge in [-0.05, 0) is 43.9 Å². The minimum atomic E-state index is 0.232. The Balaban J connectivity index is 2.27. The number of piperidine rings is 1. The molecule has 2 heterocycles. The van der Waals surface area contributed by atoms with E-state index in [0.29, 0.717) is 11.5 Å². The molecule has 0 spiro atoms. The molecular formula is C14H28N2S. The maximum absolute atomic E-state index is 6.25. The summed E-state index contributed by atoms with van der Waals surface area (Å²) in [4.78, 5) is 2.75. The highest BCUT2D eigenvalue weighted by Gasteiger charge is 2.51. The van der Waals surface area contributed by atoms with Crippen molar-refractivity contribution >= 4 is 11.8 Å². The van der Waals surface area contributed by atoms with E-state index in [1.807, 2.05) is 0 Å². The largest absolute Gasteiger partial charge is 0.329 e. The summed E-state index contributed by atoms with van der Waals surface area (Å²) in [5.41, 5.74) is 6.84. The van der Waals surface area contributed by atoms with Gasteiger partial charge in [0.05, 0.1) is 0 Å². The Hall–Kier alpha value is 0.270. The van der Waals surface area contributed by atoms with Gasteiger partial charge in [-0.2, -0.15) is 11.8 Å². The van der Waals surface area contributed by atoms with Gasteiger partial charge in [-0.25, -0.2) is 0 Å². The van der Waals surface area contributed by atoms with Gasteiger partial charge in [0.1, 0.15) is 0 Å². The molecule has 2 aliphatic rings. The quantitative estimate of drug-likeness (QED) is 0.824. The van der Waals surface area contributed by atoms with Crippen molar-refractivity contribution < 1.29 is 0 Å². The van der Waals surface area contributed by atoms with Gasteiger partial charge in [-0.1, -0.05) is 20.3 Å². The van der Waals surface area contributed by atoms with Gasteiger partial charge in [-0.15, -0.1) is 0 Å².